The Bertz CT molecular complexity index is 1720. The maximum absolute atomic E-state index is 12.1. The van der Waals surface area contributed by atoms with Gasteiger partial charge in [0.15, 0.2) is 0 Å². The van der Waals surface area contributed by atoms with Crippen LogP contribution < -0.4 is 16.0 Å². The van der Waals surface area contributed by atoms with E-state index in [-0.39, 0.29) is 34.5 Å². The molecular formula is C79H153N3O10S4. The lowest BCUT2D eigenvalue weighted by atomic mass is 9.60. The van der Waals surface area contributed by atoms with Crippen molar-refractivity contribution in [2.45, 2.75) is 350 Å². The predicted molar refractivity (Wildman–Crippen MR) is 420 cm³/mol. The largest absolute Gasteiger partial charge is 0.449 e. The van der Waals surface area contributed by atoms with Gasteiger partial charge in [-0.3, -0.25) is 19.2 Å². The normalized spacial score (nSPS) is 14.9. The predicted octanol–water partition coefficient (Wildman–Crippen LogP) is 20.6. The number of ether oxygens (including phenoxy) is 2. The van der Waals surface area contributed by atoms with Crippen LogP contribution >= 0.6 is 47.0 Å². The van der Waals surface area contributed by atoms with Crippen LogP contribution in [0.1, 0.15) is 350 Å². The fraction of sp³-hybridized carbons (Fsp3) is 0.924. The van der Waals surface area contributed by atoms with Crippen LogP contribution in [0.15, 0.2) is 0 Å². The molecule has 13 nitrogen and oxygen atoms in total. The smallest absolute Gasteiger partial charge is 0.407 e. The number of nitrogens with one attached hydrogen (secondary N) is 3. The van der Waals surface area contributed by atoms with E-state index in [2.05, 4.69) is 50.6 Å². The average molecular weight is 1430 g/mol. The Hall–Kier alpha value is -1.50. The van der Waals surface area contributed by atoms with Crippen LogP contribution in [0.4, 0.5) is 4.79 Å². The molecule has 1 aliphatic rings. The van der Waals surface area contributed by atoms with Crippen molar-refractivity contribution in [1.82, 2.24) is 16.0 Å². The van der Waals surface area contributed by atoms with Gasteiger partial charge in [-0.05, 0) is 143 Å². The monoisotopic (exact) mass is 1430 g/mol. The van der Waals surface area contributed by atoms with Crippen LogP contribution in [-0.2, 0) is 33.4 Å². The summed E-state index contributed by atoms with van der Waals surface area (Å²) < 4.78 is 10.4. The first-order chi connectivity index (χ1) is 46.6. The molecule has 0 radical (unpaired) electrons. The lowest BCUT2D eigenvalue weighted by Crippen LogP contribution is -2.44. The molecule has 17 heteroatoms. The third kappa shape index (κ3) is 75.2. The fourth-order valence-electron chi connectivity index (χ4n) is 12.9. The number of aliphatic hydroxyl groups is 2. The Morgan fingerprint density at radius 3 is 1.14 bits per heavy atom. The Labute approximate surface area is 608 Å². The van der Waals surface area contributed by atoms with Gasteiger partial charge in [0.1, 0.15) is 24.0 Å². The van der Waals surface area contributed by atoms with Crippen LogP contribution in [0.25, 0.3) is 0 Å². The molecule has 3 amide bonds. The van der Waals surface area contributed by atoms with Gasteiger partial charge in [0.2, 0.25) is 11.8 Å². The molecule has 2 atom stereocenters. The minimum Gasteiger partial charge on any atom is -0.449 e. The van der Waals surface area contributed by atoms with E-state index in [1.165, 1.54) is 184 Å². The number of rotatable bonds is 69. The van der Waals surface area contributed by atoms with Crippen molar-refractivity contribution in [2.75, 3.05) is 99.2 Å². The molecule has 1 saturated carbocycles. The quantitative estimate of drug-likeness (QED) is 0.0361. The molecule has 5 N–H and O–H groups in total. The van der Waals surface area contributed by atoms with Gasteiger partial charge in [0, 0.05) is 94.7 Å². The Morgan fingerprint density at radius 2 is 0.750 bits per heavy atom. The van der Waals surface area contributed by atoms with Crippen molar-refractivity contribution in [1.29, 1.82) is 0 Å². The first-order valence-electron chi connectivity index (χ1n) is 39.5. The van der Waals surface area contributed by atoms with E-state index in [1.807, 2.05) is 47.0 Å². The molecule has 568 valence electrons. The van der Waals surface area contributed by atoms with E-state index < -0.39 is 0 Å². The zero-order chi connectivity index (χ0) is 71.0. The van der Waals surface area contributed by atoms with Crippen molar-refractivity contribution in [3.05, 3.63) is 0 Å². The van der Waals surface area contributed by atoms with Crippen LogP contribution in [0.3, 0.4) is 0 Å². The number of methoxy groups -OCH3 is 1. The minimum absolute atomic E-state index is 0.0212. The molecule has 0 saturated heterocycles. The number of alkyl carbamates (subject to hydrolysis) is 1. The van der Waals surface area contributed by atoms with E-state index in [4.69, 9.17) is 19.7 Å². The number of carbonyl (C=O) groups is 6. The molecule has 0 aromatic heterocycles. The van der Waals surface area contributed by atoms with Crippen molar-refractivity contribution in [3.8, 4) is 0 Å². The van der Waals surface area contributed by atoms with Gasteiger partial charge in [0.05, 0.1) is 19.8 Å². The number of Topliss-reactive ketones (excluding diaryl/α,β-unsaturated/α-hetero) is 3. The highest BCUT2D eigenvalue weighted by Gasteiger charge is 2.41. The zero-order valence-corrected chi connectivity index (χ0v) is 66.7. The Morgan fingerprint density at radius 1 is 0.406 bits per heavy atom. The summed E-state index contributed by atoms with van der Waals surface area (Å²) in [5.74, 6) is 10.3. The number of amides is 3. The molecule has 0 heterocycles. The lowest BCUT2D eigenvalue weighted by Gasteiger charge is -2.46. The third-order valence-corrected chi connectivity index (χ3v) is 22.0. The Kier molecular flexibility index (Phi) is 75.1. The topological polar surface area (TPSA) is 197 Å². The number of hydrogen-bond donors (Lipinski definition) is 5. The van der Waals surface area contributed by atoms with Gasteiger partial charge < -0.3 is 40.4 Å². The Balaban J connectivity index is 0. The molecular weight excluding hydrogens is 1280 g/mol. The van der Waals surface area contributed by atoms with Gasteiger partial charge in [-0.25, -0.2) is 4.79 Å². The van der Waals surface area contributed by atoms with E-state index >= 15 is 0 Å². The molecule has 96 heavy (non-hydrogen) atoms. The van der Waals surface area contributed by atoms with E-state index in [0.29, 0.717) is 76.0 Å². The van der Waals surface area contributed by atoms with E-state index in [9.17, 15) is 28.8 Å². The van der Waals surface area contributed by atoms with Crippen molar-refractivity contribution < 1.29 is 48.5 Å². The molecule has 1 aliphatic carbocycles. The summed E-state index contributed by atoms with van der Waals surface area (Å²) in [7, 11) is 1.76. The van der Waals surface area contributed by atoms with Gasteiger partial charge in [0.25, 0.3) is 0 Å². The maximum Gasteiger partial charge on any atom is 0.407 e. The van der Waals surface area contributed by atoms with Crippen LogP contribution in [-0.4, -0.2) is 145 Å². The number of thioether (sulfide) groups is 4. The SMILES string of the molecule is CCCCC(=O)CCCCCNC(=O)CCCCCCCCCCSCCOC.CCCCCCCCSCCOC(=O)NCC1(C)CC(CC(C)=O)CC(C)(C)C1.O=C(CCCCCCCCCCSCCO)CCCCCNC(=O)CCCCCCCCCCSCCO. The average Bonchev–Trinajstić information content (AvgIpc) is 0.808. The molecule has 0 aliphatic heterocycles. The standard InChI is InChI=1S/C31H61NO4S2.C24H45NO3S.C24H47NO3S/c33-24-28-37-26-18-11-7-3-1-5-9-14-20-30(35)21-15-13-17-23-32-31(36)22-16-10-6-2-4-8-12-19-27-38-29-25-34;1-6-7-8-9-10-11-13-29-14-12-28-22(27)25-19-24(5)17-21(15-20(2)26)16-23(3,4)18-24;1-3-4-16-23(26)17-12-11-14-19-25-24(27)18-13-9-7-5-6-8-10-15-21-29-22-20-28-2/h33-34H,1-29H2,(H,32,36);21H,6-19H2,1-5H3,(H,25,27);3-22H2,1-2H3,(H,25,27). The third-order valence-electron chi connectivity index (χ3n) is 17.9. The second-order valence-electron chi connectivity index (χ2n) is 28.7. The van der Waals surface area contributed by atoms with Crippen LogP contribution in [0.2, 0.25) is 0 Å². The molecule has 1 fully saturated rings. The summed E-state index contributed by atoms with van der Waals surface area (Å²) >= 11 is 7.55. The molecule has 1 rings (SSSR count). The number of carbonyl (C=O) groups excluding carboxylic acids is 6. The summed E-state index contributed by atoms with van der Waals surface area (Å²) in [5, 5.41) is 26.5. The molecule has 0 aromatic carbocycles. The molecule has 0 bridgehead atoms. The van der Waals surface area contributed by atoms with Gasteiger partial charge in [-0.15, -0.1) is 0 Å². The zero-order valence-electron chi connectivity index (χ0n) is 63.4. The number of ketones is 3. The first-order valence-corrected chi connectivity index (χ1v) is 44.2. The number of hydrogen-bond acceptors (Lipinski definition) is 14. The second-order valence-corrected chi connectivity index (χ2v) is 33.6. The highest BCUT2D eigenvalue weighted by molar-refractivity contribution is 7.99. The van der Waals surface area contributed by atoms with Crippen molar-refractivity contribution >= 4 is 82.3 Å². The highest BCUT2D eigenvalue weighted by Crippen LogP contribution is 2.49. The van der Waals surface area contributed by atoms with Gasteiger partial charge in [-0.2, -0.15) is 47.0 Å². The van der Waals surface area contributed by atoms with E-state index in [0.717, 1.165) is 158 Å². The minimum atomic E-state index is -0.308. The van der Waals surface area contributed by atoms with Gasteiger partial charge in [-0.1, -0.05) is 202 Å². The summed E-state index contributed by atoms with van der Waals surface area (Å²) in [6.45, 7) is 16.9. The lowest BCUT2D eigenvalue weighted by molar-refractivity contribution is -0.122. The summed E-state index contributed by atoms with van der Waals surface area (Å²) in [5.41, 5.74) is 0.222. The van der Waals surface area contributed by atoms with Crippen LogP contribution in [0.5, 0.6) is 0 Å². The van der Waals surface area contributed by atoms with Crippen LogP contribution in [0, 0.1) is 16.7 Å². The fourth-order valence-corrected chi connectivity index (χ4v) is 16.1. The summed E-state index contributed by atoms with van der Waals surface area (Å²) in [6.07, 6.45) is 53.4. The van der Waals surface area contributed by atoms with Crippen molar-refractivity contribution in [2.24, 2.45) is 16.7 Å². The van der Waals surface area contributed by atoms with E-state index in [1.54, 1.807) is 14.0 Å². The number of unbranched alkanes of at least 4 members (excludes halogenated alkanes) is 31. The summed E-state index contributed by atoms with van der Waals surface area (Å²) in [4.78, 5) is 71.1. The summed E-state index contributed by atoms with van der Waals surface area (Å²) in [6, 6.07) is 0. The van der Waals surface area contributed by atoms with Gasteiger partial charge >= 0.3 is 6.09 Å². The molecule has 0 aromatic rings. The number of aliphatic hydroxyl groups excluding tert-OH is 2. The highest BCUT2D eigenvalue weighted by atomic mass is 32.2. The first kappa shape index (κ1) is 96.6. The second kappa shape index (κ2) is 74.7. The molecule has 2 unspecified atom stereocenters. The maximum atomic E-state index is 12.1. The molecule has 0 spiro atoms. The van der Waals surface area contributed by atoms with Crippen molar-refractivity contribution in [3.63, 3.8) is 0 Å².